The predicted octanol–water partition coefficient (Wildman–Crippen LogP) is 3.31. The van der Waals surface area contributed by atoms with Crippen molar-refractivity contribution in [2.45, 2.75) is 26.8 Å². The number of benzene rings is 2. The Morgan fingerprint density at radius 1 is 1.07 bits per heavy atom. The van der Waals surface area contributed by atoms with Crippen molar-refractivity contribution in [2.24, 2.45) is 0 Å². The maximum Gasteiger partial charge on any atom is 0.270 e. The van der Waals surface area contributed by atoms with E-state index in [0.29, 0.717) is 41.3 Å². The average Bonchev–Trinajstić information content (AvgIpc) is 2.74. The molecule has 7 nitrogen and oxygen atoms in total. The monoisotopic (exact) mass is 430 g/mol. The highest BCUT2D eigenvalue weighted by atomic mass is 32.2. The molecule has 160 valence electrons. The maximum absolute atomic E-state index is 13.6. The average molecular weight is 431 g/mol. The third-order valence-corrected chi connectivity index (χ3v) is 6.89. The Kier molecular flexibility index (Phi) is 6.36. The van der Waals surface area contributed by atoms with Crippen LogP contribution in [-0.2, 0) is 21.4 Å². The molecule has 0 saturated carbocycles. The Bertz CT molecular complexity index is 1080. The molecule has 0 spiro atoms. The summed E-state index contributed by atoms with van der Waals surface area (Å²) < 4.78 is 39.2. The Morgan fingerprint density at radius 3 is 2.30 bits per heavy atom. The fraction of sp³-hybridized carbons (Fsp3) is 0.318. The van der Waals surface area contributed by atoms with Gasteiger partial charge >= 0.3 is 0 Å². The molecule has 0 fully saturated rings. The molecule has 2 aromatic rings. The molecule has 1 aliphatic heterocycles. The van der Waals surface area contributed by atoms with Crippen LogP contribution in [-0.4, -0.2) is 35.1 Å². The minimum atomic E-state index is -4.09. The van der Waals surface area contributed by atoms with E-state index in [1.807, 2.05) is 37.3 Å². The SMILES string of the molecule is CCCNC(=O)C1=C(C)c2cc(OC)c(OC)cc2N(Cc2ccccc2)S1(=O)=O. The summed E-state index contributed by atoms with van der Waals surface area (Å²) in [6.45, 7) is 4.03. The summed E-state index contributed by atoms with van der Waals surface area (Å²) in [5.74, 6) is 0.270. The van der Waals surface area contributed by atoms with E-state index in [1.54, 1.807) is 19.1 Å². The van der Waals surface area contributed by atoms with Crippen LogP contribution in [0.1, 0.15) is 31.4 Å². The fourth-order valence-corrected chi connectivity index (χ4v) is 5.21. The highest BCUT2D eigenvalue weighted by Gasteiger charge is 2.40. The normalized spacial score (nSPS) is 14.9. The van der Waals surface area contributed by atoms with Gasteiger partial charge in [0.2, 0.25) is 0 Å². The molecule has 1 N–H and O–H groups in total. The number of allylic oxidation sites excluding steroid dienone is 1. The van der Waals surface area contributed by atoms with Gasteiger partial charge in [0, 0.05) is 18.2 Å². The largest absolute Gasteiger partial charge is 0.493 e. The maximum atomic E-state index is 13.6. The summed E-state index contributed by atoms with van der Waals surface area (Å²) in [6, 6.07) is 12.6. The molecule has 0 radical (unpaired) electrons. The quantitative estimate of drug-likeness (QED) is 0.729. The summed E-state index contributed by atoms with van der Waals surface area (Å²) in [6.07, 6.45) is 0.702. The highest BCUT2D eigenvalue weighted by Crippen LogP contribution is 2.45. The molecule has 1 heterocycles. The first-order valence-electron chi connectivity index (χ1n) is 9.67. The van der Waals surface area contributed by atoms with Crippen LogP contribution < -0.4 is 19.1 Å². The molecule has 2 aromatic carbocycles. The van der Waals surface area contributed by atoms with Gasteiger partial charge in [-0.3, -0.25) is 9.10 Å². The van der Waals surface area contributed by atoms with Crippen LogP contribution in [0.3, 0.4) is 0 Å². The van der Waals surface area contributed by atoms with E-state index in [0.717, 1.165) is 5.56 Å². The number of sulfonamides is 1. The summed E-state index contributed by atoms with van der Waals surface area (Å²) in [7, 11) is -1.09. The molecule has 1 aliphatic rings. The number of methoxy groups -OCH3 is 2. The minimum Gasteiger partial charge on any atom is -0.493 e. The van der Waals surface area contributed by atoms with Crippen molar-refractivity contribution in [1.29, 1.82) is 0 Å². The van der Waals surface area contributed by atoms with E-state index >= 15 is 0 Å². The van der Waals surface area contributed by atoms with E-state index < -0.39 is 15.9 Å². The smallest absolute Gasteiger partial charge is 0.270 e. The topological polar surface area (TPSA) is 84.9 Å². The molecule has 0 atom stereocenters. The molecule has 8 heteroatoms. The van der Waals surface area contributed by atoms with E-state index in [-0.39, 0.29) is 11.4 Å². The molecule has 1 amide bonds. The summed E-state index contributed by atoms with van der Waals surface area (Å²) in [5.41, 5.74) is 2.24. The fourth-order valence-electron chi connectivity index (χ4n) is 3.46. The molecule has 30 heavy (non-hydrogen) atoms. The molecule has 3 rings (SSSR count). The predicted molar refractivity (Wildman–Crippen MR) is 117 cm³/mol. The van der Waals surface area contributed by atoms with Gasteiger partial charge in [-0.1, -0.05) is 37.3 Å². The van der Waals surface area contributed by atoms with Crippen LogP contribution in [0.2, 0.25) is 0 Å². The first kappa shape index (κ1) is 21.7. The van der Waals surface area contributed by atoms with E-state index in [2.05, 4.69) is 5.32 Å². The number of ether oxygens (including phenoxy) is 2. The van der Waals surface area contributed by atoms with Gasteiger partial charge in [-0.2, -0.15) is 0 Å². The second-order valence-corrected chi connectivity index (χ2v) is 8.73. The van der Waals surface area contributed by atoms with Crippen molar-refractivity contribution in [3.05, 3.63) is 58.5 Å². The number of hydrogen-bond acceptors (Lipinski definition) is 5. The molecule has 0 bridgehead atoms. The van der Waals surface area contributed by atoms with Crippen LogP contribution in [0.15, 0.2) is 47.4 Å². The lowest BCUT2D eigenvalue weighted by Gasteiger charge is -2.33. The van der Waals surface area contributed by atoms with Crippen LogP contribution in [0.25, 0.3) is 5.57 Å². The van der Waals surface area contributed by atoms with Crippen molar-refractivity contribution in [2.75, 3.05) is 25.1 Å². The van der Waals surface area contributed by atoms with Crippen LogP contribution in [0, 0.1) is 0 Å². The van der Waals surface area contributed by atoms with Crippen LogP contribution in [0.5, 0.6) is 11.5 Å². The summed E-state index contributed by atoms with van der Waals surface area (Å²) in [5, 5.41) is 2.70. The summed E-state index contributed by atoms with van der Waals surface area (Å²) in [4.78, 5) is 12.6. The highest BCUT2D eigenvalue weighted by molar-refractivity contribution is 7.97. The van der Waals surface area contributed by atoms with Gasteiger partial charge in [0.05, 0.1) is 26.5 Å². The van der Waals surface area contributed by atoms with Gasteiger partial charge in [0.1, 0.15) is 0 Å². The lowest BCUT2D eigenvalue weighted by Crippen LogP contribution is -2.41. The Hall–Kier alpha value is -3.00. The number of fused-ring (bicyclic) bond motifs is 1. The standard InChI is InChI=1S/C22H26N2O5S/c1-5-11-23-22(25)21-15(2)17-12-19(28-3)20(29-4)13-18(17)24(30(21,26)27)14-16-9-7-6-8-10-16/h6-10,12-13H,5,11,14H2,1-4H3,(H,23,25). The molecule has 0 aromatic heterocycles. The third kappa shape index (κ3) is 3.87. The van der Waals surface area contributed by atoms with Gasteiger partial charge in [-0.25, -0.2) is 8.42 Å². The zero-order chi connectivity index (χ0) is 21.9. The second-order valence-electron chi connectivity index (χ2n) is 6.93. The lowest BCUT2D eigenvalue weighted by molar-refractivity contribution is -0.116. The third-order valence-electron chi connectivity index (χ3n) is 4.97. The number of carbonyl (C=O) groups is 1. The zero-order valence-corrected chi connectivity index (χ0v) is 18.4. The number of hydrogen-bond donors (Lipinski definition) is 1. The van der Waals surface area contributed by atoms with Crippen LogP contribution in [0.4, 0.5) is 5.69 Å². The van der Waals surface area contributed by atoms with E-state index in [4.69, 9.17) is 9.47 Å². The second kappa shape index (κ2) is 8.79. The van der Waals surface area contributed by atoms with Gasteiger partial charge in [-0.05, 0) is 30.5 Å². The van der Waals surface area contributed by atoms with Crippen molar-refractivity contribution in [1.82, 2.24) is 5.32 Å². The molecular weight excluding hydrogens is 404 g/mol. The summed E-state index contributed by atoms with van der Waals surface area (Å²) >= 11 is 0. The van der Waals surface area contributed by atoms with E-state index in [1.165, 1.54) is 18.5 Å². The number of nitrogens with one attached hydrogen (secondary N) is 1. The lowest BCUT2D eigenvalue weighted by atomic mass is 10.0. The van der Waals surface area contributed by atoms with Crippen molar-refractivity contribution in [3.8, 4) is 11.5 Å². The molecule has 0 unspecified atom stereocenters. The van der Waals surface area contributed by atoms with Crippen molar-refractivity contribution < 1.29 is 22.7 Å². The molecule has 0 aliphatic carbocycles. The van der Waals surface area contributed by atoms with Gasteiger partial charge in [0.25, 0.3) is 15.9 Å². The number of amides is 1. The number of rotatable bonds is 7. The van der Waals surface area contributed by atoms with Crippen LogP contribution >= 0.6 is 0 Å². The van der Waals surface area contributed by atoms with Gasteiger partial charge in [0.15, 0.2) is 16.4 Å². The number of anilines is 1. The zero-order valence-electron chi connectivity index (χ0n) is 17.6. The Labute approximate surface area is 177 Å². The van der Waals surface area contributed by atoms with E-state index in [9.17, 15) is 13.2 Å². The molecule has 0 saturated heterocycles. The Balaban J connectivity index is 2.24. The van der Waals surface area contributed by atoms with Crippen molar-refractivity contribution in [3.63, 3.8) is 0 Å². The van der Waals surface area contributed by atoms with Crippen molar-refractivity contribution >= 4 is 27.2 Å². The number of carbonyl (C=O) groups excluding carboxylic acids is 1. The van der Waals surface area contributed by atoms with Gasteiger partial charge < -0.3 is 14.8 Å². The number of nitrogens with zero attached hydrogens (tertiary/aromatic N) is 1. The van der Waals surface area contributed by atoms with Gasteiger partial charge in [-0.15, -0.1) is 0 Å². The molecular formula is C22H26N2O5S. The minimum absolute atomic E-state index is 0.0868. The first-order chi connectivity index (χ1) is 14.3. The Morgan fingerprint density at radius 2 is 1.70 bits per heavy atom. The first-order valence-corrected chi connectivity index (χ1v) is 11.1.